The summed E-state index contributed by atoms with van der Waals surface area (Å²) >= 11 is 0. The van der Waals surface area contributed by atoms with E-state index >= 15 is 0 Å². The van der Waals surface area contributed by atoms with E-state index in [2.05, 4.69) is 20.3 Å². The highest BCUT2D eigenvalue weighted by Crippen LogP contribution is 2.10. The number of aromatic amines is 1. The fourth-order valence-electron chi connectivity index (χ4n) is 1.01. The second-order valence-electron chi connectivity index (χ2n) is 2.39. The first-order chi connectivity index (χ1) is 6.25. The fraction of sp³-hybridized carbons (Fsp3) is 0. The molecule has 2 aromatic heterocycles. The van der Waals surface area contributed by atoms with Crippen molar-refractivity contribution < 1.29 is 9.90 Å². The molecule has 0 saturated heterocycles. The van der Waals surface area contributed by atoms with Crippen LogP contribution in [-0.2, 0) is 0 Å². The lowest BCUT2D eigenvalue weighted by atomic mass is 10.4. The number of aromatic nitrogens is 3. The Hall–Kier alpha value is -2.11. The Kier molecular flexibility index (Phi) is 1.59. The first kappa shape index (κ1) is 7.53. The number of H-pyrrole nitrogens is 1. The van der Waals surface area contributed by atoms with Gasteiger partial charge in [0, 0.05) is 6.20 Å². The number of amides is 1. The lowest BCUT2D eigenvalue weighted by Crippen LogP contribution is -2.08. The smallest absolute Gasteiger partial charge is 0.411 e. The van der Waals surface area contributed by atoms with Gasteiger partial charge in [0.15, 0.2) is 5.65 Å². The minimum atomic E-state index is -1.15. The van der Waals surface area contributed by atoms with Crippen LogP contribution in [0.5, 0.6) is 0 Å². The molecule has 66 valence electrons. The highest BCUT2D eigenvalue weighted by molar-refractivity contribution is 5.83. The summed E-state index contributed by atoms with van der Waals surface area (Å²) in [5, 5.41) is 10.5. The first-order valence-electron chi connectivity index (χ1n) is 3.56. The maximum atomic E-state index is 10.3. The summed E-state index contributed by atoms with van der Waals surface area (Å²) in [5.41, 5.74) is 1.19. The standard InChI is InChI=1S/C7H6N4O2/c12-7(13)11-6-9-4-2-1-3-8-5(4)10-6/h1-3H,(H,12,13)(H2,8,9,10,11). The Morgan fingerprint density at radius 1 is 1.62 bits per heavy atom. The number of hydrogen-bond donors (Lipinski definition) is 3. The number of carboxylic acid groups (broad SMARTS) is 1. The molecule has 2 rings (SSSR count). The largest absolute Gasteiger partial charge is 0.465 e. The number of nitrogens with zero attached hydrogens (tertiary/aromatic N) is 2. The molecule has 3 N–H and O–H groups in total. The van der Waals surface area contributed by atoms with Crippen molar-refractivity contribution >= 4 is 23.2 Å². The molecule has 0 atom stereocenters. The summed E-state index contributed by atoms with van der Waals surface area (Å²) in [6, 6.07) is 3.51. The zero-order valence-corrected chi connectivity index (χ0v) is 6.48. The lowest BCUT2D eigenvalue weighted by molar-refractivity contribution is 0.209. The summed E-state index contributed by atoms with van der Waals surface area (Å²) in [6.07, 6.45) is 0.437. The van der Waals surface area contributed by atoms with Crippen LogP contribution >= 0.6 is 0 Å². The molecular weight excluding hydrogens is 172 g/mol. The van der Waals surface area contributed by atoms with Crippen molar-refractivity contribution in [3.63, 3.8) is 0 Å². The second-order valence-corrected chi connectivity index (χ2v) is 2.39. The Balaban J connectivity index is 2.44. The van der Waals surface area contributed by atoms with Gasteiger partial charge in [0.2, 0.25) is 5.95 Å². The molecule has 0 spiro atoms. The number of pyridine rings is 1. The average Bonchev–Trinajstić information content (AvgIpc) is 2.44. The maximum Gasteiger partial charge on any atom is 0.411 e. The van der Waals surface area contributed by atoms with E-state index in [0.717, 1.165) is 0 Å². The van der Waals surface area contributed by atoms with Gasteiger partial charge in [-0.05, 0) is 12.1 Å². The van der Waals surface area contributed by atoms with E-state index in [1.807, 2.05) is 0 Å². The quantitative estimate of drug-likeness (QED) is 0.608. The Morgan fingerprint density at radius 2 is 2.46 bits per heavy atom. The van der Waals surface area contributed by atoms with Crippen molar-refractivity contribution in [3.05, 3.63) is 18.3 Å². The van der Waals surface area contributed by atoms with Crippen LogP contribution in [0.1, 0.15) is 0 Å². The number of fused-ring (bicyclic) bond motifs is 1. The second kappa shape index (κ2) is 2.74. The molecule has 0 bridgehead atoms. The Bertz CT molecular complexity index is 417. The highest BCUT2D eigenvalue weighted by Gasteiger charge is 2.04. The van der Waals surface area contributed by atoms with E-state index in [4.69, 9.17) is 5.11 Å². The third-order valence-electron chi connectivity index (χ3n) is 1.48. The predicted molar refractivity (Wildman–Crippen MR) is 45.5 cm³/mol. The molecule has 6 nitrogen and oxygen atoms in total. The molecule has 0 unspecified atom stereocenters. The number of carbonyl (C=O) groups is 1. The number of anilines is 1. The zero-order valence-electron chi connectivity index (χ0n) is 6.48. The van der Waals surface area contributed by atoms with Crippen LogP contribution in [0.3, 0.4) is 0 Å². The van der Waals surface area contributed by atoms with Gasteiger partial charge >= 0.3 is 6.09 Å². The van der Waals surface area contributed by atoms with Gasteiger partial charge in [-0.25, -0.2) is 9.78 Å². The Labute approximate surface area is 72.6 Å². The van der Waals surface area contributed by atoms with Crippen LogP contribution in [-0.4, -0.2) is 26.2 Å². The number of nitrogens with one attached hydrogen (secondary N) is 2. The molecule has 6 heteroatoms. The van der Waals surface area contributed by atoms with Crippen LogP contribution < -0.4 is 5.32 Å². The van der Waals surface area contributed by atoms with Gasteiger partial charge in [0.25, 0.3) is 0 Å². The highest BCUT2D eigenvalue weighted by atomic mass is 16.4. The molecule has 2 aromatic rings. The summed E-state index contributed by atoms with van der Waals surface area (Å²) in [5.74, 6) is 0.182. The van der Waals surface area contributed by atoms with Crippen molar-refractivity contribution in [3.8, 4) is 0 Å². The summed E-state index contributed by atoms with van der Waals surface area (Å²) in [4.78, 5) is 20.8. The third-order valence-corrected chi connectivity index (χ3v) is 1.48. The van der Waals surface area contributed by atoms with E-state index in [-0.39, 0.29) is 5.95 Å². The van der Waals surface area contributed by atoms with E-state index in [0.29, 0.717) is 11.2 Å². The number of imidazole rings is 1. The van der Waals surface area contributed by atoms with Crippen LogP contribution in [0.25, 0.3) is 11.2 Å². The topological polar surface area (TPSA) is 90.9 Å². The van der Waals surface area contributed by atoms with Gasteiger partial charge in [-0.15, -0.1) is 0 Å². The average molecular weight is 178 g/mol. The van der Waals surface area contributed by atoms with Gasteiger partial charge < -0.3 is 10.1 Å². The van der Waals surface area contributed by atoms with Crippen LogP contribution in [0.15, 0.2) is 18.3 Å². The number of rotatable bonds is 1. The summed E-state index contributed by atoms with van der Waals surface area (Å²) in [6.45, 7) is 0. The van der Waals surface area contributed by atoms with Crippen LogP contribution in [0, 0.1) is 0 Å². The van der Waals surface area contributed by atoms with E-state index in [9.17, 15) is 4.79 Å². The van der Waals surface area contributed by atoms with Crippen molar-refractivity contribution in [2.45, 2.75) is 0 Å². The summed E-state index contributed by atoms with van der Waals surface area (Å²) < 4.78 is 0. The molecule has 0 aliphatic rings. The van der Waals surface area contributed by atoms with Gasteiger partial charge in [-0.3, -0.25) is 5.32 Å². The van der Waals surface area contributed by atoms with Gasteiger partial charge in [-0.2, -0.15) is 4.98 Å². The van der Waals surface area contributed by atoms with Gasteiger partial charge in [0.1, 0.15) is 0 Å². The van der Waals surface area contributed by atoms with Gasteiger partial charge in [0.05, 0.1) is 5.52 Å². The molecule has 0 fully saturated rings. The minimum Gasteiger partial charge on any atom is -0.465 e. The third kappa shape index (κ3) is 1.41. The zero-order chi connectivity index (χ0) is 9.26. The predicted octanol–water partition coefficient (Wildman–Crippen LogP) is 1.05. The molecule has 1 amide bonds. The van der Waals surface area contributed by atoms with E-state index in [1.54, 1.807) is 18.3 Å². The molecule has 0 radical (unpaired) electrons. The first-order valence-corrected chi connectivity index (χ1v) is 3.56. The molecule has 0 aliphatic carbocycles. The molecule has 0 saturated carbocycles. The fourth-order valence-corrected chi connectivity index (χ4v) is 1.01. The van der Waals surface area contributed by atoms with Crippen molar-refractivity contribution in [2.24, 2.45) is 0 Å². The van der Waals surface area contributed by atoms with Crippen molar-refractivity contribution in [1.29, 1.82) is 0 Å². The van der Waals surface area contributed by atoms with Crippen molar-refractivity contribution in [1.82, 2.24) is 15.0 Å². The molecule has 0 aliphatic heterocycles. The van der Waals surface area contributed by atoms with E-state index in [1.165, 1.54) is 0 Å². The molecular formula is C7H6N4O2. The molecule has 2 heterocycles. The molecule has 13 heavy (non-hydrogen) atoms. The van der Waals surface area contributed by atoms with Crippen LogP contribution in [0.4, 0.5) is 10.7 Å². The summed E-state index contributed by atoms with van der Waals surface area (Å²) in [7, 11) is 0. The maximum absolute atomic E-state index is 10.3. The van der Waals surface area contributed by atoms with Crippen LogP contribution in [0.2, 0.25) is 0 Å². The minimum absolute atomic E-state index is 0.182. The van der Waals surface area contributed by atoms with Crippen molar-refractivity contribution in [2.75, 3.05) is 5.32 Å². The number of hydrogen-bond acceptors (Lipinski definition) is 3. The van der Waals surface area contributed by atoms with E-state index < -0.39 is 6.09 Å². The molecule has 0 aromatic carbocycles. The Morgan fingerprint density at radius 3 is 3.15 bits per heavy atom. The SMILES string of the molecule is O=C(O)Nc1nc2ncccc2[nH]1. The normalized spacial score (nSPS) is 10.2. The van der Waals surface area contributed by atoms with Gasteiger partial charge in [-0.1, -0.05) is 0 Å². The monoisotopic (exact) mass is 178 g/mol. The lowest BCUT2D eigenvalue weighted by Gasteiger charge is -1.90.